The standard InChI is InChI=1S/C21H28F2N4O3/c22-17-5-4-16(15-18(17)23)21(30)27(11-2-10-25-9-1-3-19(25)28)12-6-20(29)26-13-7-24-8-14-26/h4-5,15,24H,1-3,6-14H2. The number of nitrogens with one attached hydrogen (secondary N) is 1. The van der Waals surface area contributed by atoms with Crippen LogP contribution in [0.5, 0.6) is 0 Å². The molecular weight excluding hydrogens is 394 g/mol. The minimum Gasteiger partial charge on any atom is -0.343 e. The van der Waals surface area contributed by atoms with E-state index < -0.39 is 17.5 Å². The molecule has 30 heavy (non-hydrogen) atoms. The smallest absolute Gasteiger partial charge is 0.253 e. The van der Waals surface area contributed by atoms with Gasteiger partial charge in [-0.05, 0) is 31.0 Å². The van der Waals surface area contributed by atoms with Crippen molar-refractivity contribution in [1.29, 1.82) is 0 Å². The fourth-order valence-electron chi connectivity index (χ4n) is 3.82. The highest BCUT2D eigenvalue weighted by Gasteiger charge is 2.23. The summed E-state index contributed by atoms with van der Waals surface area (Å²) in [4.78, 5) is 42.2. The molecule has 2 fully saturated rings. The molecule has 3 rings (SSSR count). The first-order chi connectivity index (χ1) is 14.5. The summed E-state index contributed by atoms with van der Waals surface area (Å²) in [6.45, 7) is 4.52. The van der Waals surface area contributed by atoms with Crippen molar-refractivity contribution < 1.29 is 23.2 Å². The molecule has 0 radical (unpaired) electrons. The summed E-state index contributed by atoms with van der Waals surface area (Å²) in [6.07, 6.45) is 2.12. The minimum atomic E-state index is -1.08. The molecule has 1 N–H and O–H groups in total. The van der Waals surface area contributed by atoms with Crippen LogP contribution in [0.25, 0.3) is 0 Å². The Hall–Kier alpha value is -2.55. The first kappa shape index (κ1) is 22.1. The number of likely N-dealkylation sites (tertiary alicyclic amines) is 1. The van der Waals surface area contributed by atoms with Crippen molar-refractivity contribution in [2.75, 3.05) is 52.4 Å². The average molecular weight is 422 g/mol. The molecule has 2 heterocycles. The normalized spacial score (nSPS) is 16.8. The number of carbonyl (C=O) groups is 3. The van der Waals surface area contributed by atoms with E-state index in [9.17, 15) is 23.2 Å². The Morgan fingerprint density at radius 2 is 1.83 bits per heavy atom. The van der Waals surface area contributed by atoms with Crippen LogP contribution in [0.2, 0.25) is 0 Å². The molecule has 3 amide bonds. The van der Waals surface area contributed by atoms with Crippen LogP contribution >= 0.6 is 0 Å². The minimum absolute atomic E-state index is 0.0330. The second kappa shape index (κ2) is 10.5. The summed E-state index contributed by atoms with van der Waals surface area (Å²) in [7, 11) is 0. The van der Waals surface area contributed by atoms with Gasteiger partial charge in [-0.3, -0.25) is 14.4 Å². The van der Waals surface area contributed by atoms with E-state index in [0.29, 0.717) is 39.0 Å². The van der Waals surface area contributed by atoms with Gasteiger partial charge in [-0.2, -0.15) is 0 Å². The number of hydrogen-bond donors (Lipinski definition) is 1. The number of carbonyl (C=O) groups excluding carboxylic acids is 3. The summed E-state index contributed by atoms with van der Waals surface area (Å²) in [6, 6.07) is 3.05. The maximum atomic E-state index is 13.6. The Bertz CT molecular complexity index is 784. The van der Waals surface area contributed by atoms with Crippen molar-refractivity contribution in [1.82, 2.24) is 20.0 Å². The number of piperazine rings is 1. The van der Waals surface area contributed by atoms with E-state index in [2.05, 4.69) is 5.32 Å². The molecule has 2 aliphatic heterocycles. The van der Waals surface area contributed by atoms with Gasteiger partial charge >= 0.3 is 0 Å². The Morgan fingerprint density at radius 1 is 1.07 bits per heavy atom. The fraction of sp³-hybridized carbons (Fsp3) is 0.571. The first-order valence-electron chi connectivity index (χ1n) is 10.5. The Morgan fingerprint density at radius 3 is 2.50 bits per heavy atom. The molecule has 0 spiro atoms. The number of rotatable bonds is 8. The molecule has 2 aliphatic rings. The third-order valence-electron chi connectivity index (χ3n) is 5.55. The van der Waals surface area contributed by atoms with Gasteiger partial charge in [-0.1, -0.05) is 0 Å². The first-order valence-corrected chi connectivity index (χ1v) is 10.5. The van der Waals surface area contributed by atoms with Gasteiger partial charge in [0.25, 0.3) is 5.91 Å². The molecule has 1 aromatic carbocycles. The van der Waals surface area contributed by atoms with Crippen LogP contribution in [-0.4, -0.2) is 84.8 Å². The number of amides is 3. The van der Waals surface area contributed by atoms with Gasteiger partial charge in [0.2, 0.25) is 11.8 Å². The van der Waals surface area contributed by atoms with E-state index in [1.807, 2.05) is 0 Å². The summed E-state index contributed by atoms with van der Waals surface area (Å²) >= 11 is 0. The maximum absolute atomic E-state index is 13.6. The van der Waals surface area contributed by atoms with Crippen LogP contribution in [0.15, 0.2) is 18.2 Å². The zero-order valence-corrected chi connectivity index (χ0v) is 17.0. The van der Waals surface area contributed by atoms with Crippen molar-refractivity contribution >= 4 is 17.7 Å². The van der Waals surface area contributed by atoms with Crippen LogP contribution in [0.3, 0.4) is 0 Å². The van der Waals surface area contributed by atoms with E-state index >= 15 is 0 Å². The molecule has 1 aromatic rings. The lowest BCUT2D eigenvalue weighted by Crippen LogP contribution is -2.47. The predicted octanol–water partition coefficient (Wildman–Crippen LogP) is 1.24. The van der Waals surface area contributed by atoms with Crippen molar-refractivity contribution in [3.63, 3.8) is 0 Å². The second-order valence-electron chi connectivity index (χ2n) is 7.64. The van der Waals surface area contributed by atoms with Crippen LogP contribution in [0.4, 0.5) is 8.78 Å². The van der Waals surface area contributed by atoms with E-state index in [-0.39, 0.29) is 30.3 Å². The molecule has 0 atom stereocenters. The lowest BCUT2D eigenvalue weighted by molar-refractivity contribution is -0.132. The molecule has 0 saturated carbocycles. The summed E-state index contributed by atoms with van der Waals surface area (Å²) in [5.41, 5.74) is 0.0424. The molecule has 0 aromatic heterocycles. The SMILES string of the molecule is O=C1CCCN1CCCN(CCC(=O)N1CCNCC1)C(=O)c1ccc(F)c(F)c1. The van der Waals surface area contributed by atoms with E-state index in [0.717, 1.165) is 38.2 Å². The highest BCUT2D eigenvalue weighted by molar-refractivity contribution is 5.94. The number of halogens is 2. The van der Waals surface area contributed by atoms with Crippen molar-refractivity contribution in [3.8, 4) is 0 Å². The largest absolute Gasteiger partial charge is 0.343 e. The fourth-order valence-corrected chi connectivity index (χ4v) is 3.82. The Kier molecular flexibility index (Phi) is 7.73. The van der Waals surface area contributed by atoms with Gasteiger partial charge in [0.15, 0.2) is 11.6 Å². The quantitative estimate of drug-likeness (QED) is 0.684. The predicted molar refractivity (Wildman–Crippen MR) is 107 cm³/mol. The van der Waals surface area contributed by atoms with Crippen LogP contribution < -0.4 is 5.32 Å². The molecule has 2 saturated heterocycles. The van der Waals surface area contributed by atoms with Gasteiger partial charge < -0.3 is 20.0 Å². The van der Waals surface area contributed by atoms with Gasteiger partial charge in [0.1, 0.15) is 0 Å². The lowest BCUT2D eigenvalue weighted by Gasteiger charge is -2.29. The maximum Gasteiger partial charge on any atom is 0.253 e. The monoisotopic (exact) mass is 422 g/mol. The number of benzene rings is 1. The molecule has 9 heteroatoms. The van der Waals surface area contributed by atoms with Crippen molar-refractivity contribution in [2.45, 2.75) is 25.7 Å². The molecule has 0 unspecified atom stereocenters. The van der Waals surface area contributed by atoms with Crippen LogP contribution in [-0.2, 0) is 9.59 Å². The van der Waals surface area contributed by atoms with Gasteiger partial charge in [-0.25, -0.2) is 8.78 Å². The van der Waals surface area contributed by atoms with E-state index in [1.165, 1.54) is 11.0 Å². The molecule has 164 valence electrons. The van der Waals surface area contributed by atoms with E-state index in [4.69, 9.17) is 0 Å². The Balaban J connectivity index is 1.61. The van der Waals surface area contributed by atoms with Gasteiger partial charge in [0.05, 0.1) is 0 Å². The van der Waals surface area contributed by atoms with E-state index in [1.54, 1.807) is 9.80 Å². The lowest BCUT2D eigenvalue weighted by atomic mass is 10.1. The summed E-state index contributed by atoms with van der Waals surface area (Å²) in [5.74, 6) is -2.47. The topological polar surface area (TPSA) is 73.0 Å². The van der Waals surface area contributed by atoms with Crippen LogP contribution in [0.1, 0.15) is 36.0 Å². The average Bonchev–Trinajstić information content (AvgIpc) is 3.17. The van der Waals surface area contributed by atoms with Crippen LogP contribution in [0, 0.1) is 11.6 Å². The molecule has 0 aliphatic carbocycles. The molecule has 7 nitrogen and oxygen atoms in total. The molecular formula is C21H28F2N4O3. The van der Waals surface area contributed by atoms with Gasteiger partial charge in [-0.15, -0.1) is 0 Å². The van der Waals surface area contributed by atoms with Crippen molar-refractivity contribution in [2.24, 2.45) is 0 Å². The molecule has 0 bridgehead atoms. The third-order valence-corrected chi connectivity index (χ3v) is 5.55. The second-order valence-corrected chi connectivity index (χ2v) is 7.64. The number of nitrogens with zero attached hydrogens (tertiary/aromatic N) is 3. The summed E-state index contributed by atoms with van der Waals surface area (Å²) < 4.78 is 26.8. The Labute approximate surface area is 175 Å². The zero-order chi connectivity index (χ0) is 21.5. The highest BCUT2D eigenvalue weighted by atomic mass is 19.2. The zero-order valence-electron chi connectivity index (χ0n) is 17.0. The third kappa shape index (κ3) is 5.75. The summed E-state index contributed by atoms with van der Waals surface area (Å²) in [5, 5.41) is 3.19. The van der Waals surface area contributed by atoms with Gasteiger partial charge in [0, 0.05) is 70.8 Å². The van der Waals surface area contributed by atoms with Crippen molar-refractivity contribution in [3.05, 3.63) is 35.4 Å². The number of hydrogen-bond acceptors (Lipinski definition) is 4. The highest BCUT2D eigenvalue weighted by Crippen LogP contribution is 2.14.